The number of nitrogens with one attached hydrogen (secondary N) is 1. The molecule has 1 N–H and O–H groups in total. The van der Waals surface area contributed by atoms with E-state index in [-0.39, 0.29) is 35.3 Å². The van der Waals surface area contributed by atoms with Crippen molar-refractivity contribution in [2.75, 3.05) is 16.8 Å². The van der Waals surface area contributed by atoms with Crippen LogP contribution in [0, 0.1) is 29.9 Å². The molecule has 10 heteroatoms. The smallest absolute Gasteiger partial charge is 0.312 e. The van der Waals surface area contributed by atoms with E-state index in [2.05, 4.69) is 5.32 Å². The van der Waals surface area contributed by atoms with Gasteiger partial charge in [0.05, 0.1) is 21.6 Å². The Morgan fingerprint density at radius 2 is 2.00 bits per heavy atom. The minimum Gasteiger partial charge on any atom is -0.452 e. The summed E-state index contributed by atoms with van der Waals surface area (Å²) >= 11 is 5.98. The van der Waals surface area contributed by atoms with Crippen molar-refractivity contribution in [3.8, 4) is 0 Å². The van der Waals surface area contributed by atoms with Crippen LogP contribution in [0.3, 0.4) is 0 Å². The molecule has 0 spiro atoms. The van der Waals surface area contributed by atoms with Gasteiger partial charge in [-0.2, -0.15) is 0 Å². The molecule has 2 amide bonds. The summed E-state index contributed by atoms with van der Waals surface area (Å²) < 4.78 is 5.28. The maximum absolute atomic E-state index is 12.6. The number of hydrogen-bond acceptors (Lipinski definition) is 6. The van der Waals surface area contributed by atoms with Gasteiger partial charge in [0.1, 0.15) is 0 Å². The molecule has 1 aliphatic rings. The molecule has 0 bridgehead atoms. The van der Waals surface area contributed by atoms with Crippen LogP contribution >= 0.6 is 11.6 Å². The van der Waals surface area contributed by atoms with Crippen molar-refractivity contribution in [2.45, 2.75) is 33.3 Å². The van der Waals surface area contributed by atoms with Gasteiger partial charge in [-0.1, -0.05) is 23.7 Å². The highest BCUT2D eigenvalue weighted by Gasteiger charge is 2.38. The first-order valence-corrected chi connectivity index (χ1v) is 10.3. The number of carbonyl (C=O) groups is 3. The van der Waals surface area contributed by atoms with E-state index in [1.807, 2.05) is 32.0 Å². The van der Waals surface area contributed by atoms with Crippen LogP contribution in [0.1, 0.15) is 24.5 Å². The van der Waals surface area contributed by atoms with Crippen LogP contribution in [-0.2, 0) is 19.1 Å². The van der Waals surface area contributed by atoms with Crippen LogP contribution in [0.4, 0.5) is 17.1 Å². The van der Waals surface area contributed by atoms with Crippen molar-refractivity contribution in [2.24, 2.45) is 5.92 Å². The Labute approximate surface area is 189 Å². The molecule has 0 unspecified atom stereocenters. The summed E-state index contributed by atoms with van der Waals surface area (Å²) in [6.45, 7) is 5.43. The van der Waals surface area contributed by atoms with Gasteiger partial charge in [0.25, 0.3) is 11.6 Å². The topological polar surface area (TPSA) is 119 Å². The molecular weight excluding hydrogens is 438 g/mol. The number of esters is 1. The van der Waals surface area contributed by atoms with Crippen LogP contribution in [-0.4, -0.2) is 35.4 Å². The van der Waals surface area contributed by atoms with E-state index in [9.17, 15) is 24.5 Å². The number of nitrogens with zero attached hydrogens (tertiary/aromatic N) is 2. The third kappa shape index (κ3) is 4.88. The first-order chi connectivity index (χ1) is 15.1. The van der Waals surface area contributed by atoms with Gasteiger partial charge in [-0.05, 0) is 44.0 Å². The fraction of sp³-hybridized carbons (Fsp3) is 0.318. The van der Waals surface area contributed by atoms with E-state index in [1.165, 1.54) is 19.1 Å². The van der Waals surface area contributed by atoms with Gasteiger partial charge in [0.15, 0.2) is 6.10 Å². The number of ether oxygens (including phenoxy) is 1. The van der Waals surface area contributed by atoms with Crippen LogP contribution in [0.5, 0.6) is 0 Å². The van der Waals surface area contributed by atoms with E-state index in [1.54, 1.807) is 4.90 Å². The number of anilines is 2. The van der Waals surface area contributed by atoms with Crippen LogP contribution < -0.4 is 10.2 Å². The Kier molecular flexibility index (Phi) is 6.78. The Balaban J connectivity index is 1.62. The zero-order chi connectivity index (χ0) is 23.6. The minimum absolute atomic E-state index is 0.00522. The average molecular weight is 460 g/mol. The lowest BCUT2D eigenvalue weighted by molar-refractivity contribution is -0.384. The van der Waals surface area contributed by atoms with E-state index in [0.717, 1.165) is 22.9 Å². The fourth-order valence-corrected chi connectivity index (χ4v) is 3.63. The highest BCUT2D eigenvalue weighted by Crippen LogP contribution is 2.30. The lowest BCUT2D eigenvalue weighted by atomic mass is 10.1. The number of hydrogen-bond donors (Lipinski definition) is 1. The third-order valence-electron chi connectivity index (χ3n) is 5.41. The van der Waals surface area contributed by atoms with E-state index in [0.29, 0.717) is 0 Å². The molecule has 1 saturated heterocycles. The van der Waals surface area contributed by atoms with Crippen LogP contribution in [0.15, 0.2) is 36.4 Å². The summed E-state index contributed by atoms with van der Waals surface area (Å²) in [4.78, 5) is 49.3. The Hall–Kier alpha value is -3.46. The molecule has 168 valence electrons. The molecule has 2 aromatic carbocycles. The predicted molar refractivity (Wildman–Crippen MR) is 119 cm³/mol. The number of benzene rings is 2. The molecule has 2 atom stereocenters. The van der Waals surface area contributed by atoms with Crippen molar-refractivity contribution in [3.63, 3.8) is 0 Å². The third-order valence-corrected chi connectivity index (χ3v) is 5.72. The van der Waals surface area contributed by atoms with Crippen LogP contribution in [0.2, 0.25) is 5.02 Å². The second-order valence-electron chi connectivity index (χ2n) is 7.61. The fourth-order valence-electron chi connectivity index (χ4n) is 3.40. The molecule has 1 fully saturated rings. The Morgan fingerprint density at radius 3 is 2.66 bits per heavy atom. The zero-order valence-electron chi connectivity index (χ0n) is 17.8. The molecular formula is C22H22ClN3O6. The summed E-state index contributed by atoms with van der Waals surface area (Å²) in [6, 6.07) is 9.24. The number of carbonyl (C=O) groups excluding carboxylic acids is 3. The number of amides is 2. The summed E-state index contributed by atoms with van der Waals surface area (Å²) in [5.74, 6) is -2.18. The molecule has 0 radical (unpaired) electrons. The van der Waals surface area contributed by atoms with E-state index >= 15 is 0 Å². The van der Waals surface area contributed by atoms with Gasteiger partial charge < -0.3 is 15.0 Å². The molecule has 32 heavy (non-hydrogen) atoms. The van der Waals surface area contributed by atoms with Crippen molar-refractivity contribution in [1.29, 1.82) is 0 Å². The minimum atomic E-state index is -1.15. The number of nitro benzene ring substituents is 1. The monoisotopic (exact) mass is 459 g/mol. The second-order valence-corrected chi connectivity index (χ2v) is 8.02. The lowest BCUT2D eigenvalue weighted by Crippen LogP contribution is -2.33. The molecule has 1 heterocycles. The second kappa shape index (κ2) is 9.35. The number of aryl methyl sites for hydroxylation is 1. The summed E-state index contributed by atoms with van der Waals surface area (Å²) in [7, 11) is 0. The average Bonchev–Trinajstić information content (AvgIpc) is 3.12. The lowest BCUT2D eigenvalue weighted by Gasteiger charge is -2.20. The molecule has 3 rings (SSSR count). The summed E-state index contributed by atoms with van der Waals surface area (Å²) in [5.41, 5.74) is 2.69. The normalized spacial score (nSPS) is 16.6. The summed E-state index contributed by atoms with van der Waals surface area (Å²) in [6.07, 6.45) is -1.16. The van der Waals surface area contributed by atoms with Gasteiger partial charge in [-0.25, -0.2) is 0 Å². The van der Waals surface area contributed by atoms with E-state index < -0.39 is 28.8 Å². The maximum Gasteiger partial charge on any atom is 0.312 e. The van der Waals surface area contributed by atoms with Gasteiger partial charge in [-0.3, -0.25) is 24.5 Å². The highest BCUT2D eigenvalue weighted by atomic mass is 35.5. The van der Waals surface area contributed by atoms with E-state index in [4.69, 9.17) is 16.3 Å². The van der Waals surface area contributed by atoms with Crippen LogP contribution in [0.25, 0.3) is 0 Å². The SMILES string of the molecule is Cc1cccc(N2C[C@H](C(=O)O[C@H](C)C(=O)Nc3ccc([N+](=O)[O-])cc3Cl)CC2=O)c1C. The zero-order valence-corrected chi connectivity index (χ0v) is 18.5. The highest BCUT2D eigenvalue weighted by molar-refractivity contribution is 6.34. The standard InChI is InChI=1S/C22H22ClN3O6/c1-12-5-4-6-19(13(12)2)25-11-15(9-20(25)27)22(29)32-14(3)21(28)24-18-8-7-16(26(30)31)10-17(18)23/h4-8,10,14-15H,9,11H2,1-3H3,(H,24,28)/t14-,15-/m1/s1. The Morgan fingerprint density at radius 1 is 1.28 bits per heavy atom. The molecule has 1 aliphatic heterocycles. The number of halogens is 1. The first-order valence-electron chi connectivity index (χ1n) is 9.90. The number of rotatable bonds is 6. The van der Waals surface area contributed by atoms with Gasteiger partial charge in [0.2, 0.25) is 5.91 Å². The molecule has 0 aromatic heterocycles. The van der Waals surface area contributed by atoms with Gasteiger partial charge >= 0.3 is 5.97 Å². The number of non-ortho nitro benzene ring substituents is 1. The predicted octanol–water partition coefficient (Wildman–Crippen LogP) is 3.79. The molecule has 9 nitrogen and oxygen atoms in total. The van der Waals surface area contributed by atoms with Crippen molar-refractivity contribution < 1.29 is 24.0 Å². The van der Waals surface area contributed by atoms with Crippen molar-refractivity contribution in [1.82, 2.24) is 0 Å². The molecule has 0 saturated carbocycles. The molecule has 2 aromatic rings. The summed E-state index contributed by atoms with van der Waals surface area (Å²) in [5, 5.41) is 13.3. The maximum atomic E-state index is 12.6. The quantitative estimate of drug-likeness (QED) is 0.398. The van der Waals surface area contributed by atoms with Gasteiger partial charge in [-0.15, -0.1) is 0 Å². The largest absolute Gasteiger partial charge is 0.452 e. The van der Waals surface area contributed by atoms with Crippen molar-refractivity contribution >= 4 is 46.4 Å². The Bertz CT molecular complexity index is 1100. The molecule has 0 aliphatic carbocycles. The first kappa shape index (κ1) is 23.2. The number of nitro groups is 1. The van der Waals surface area contributed by atoms with Crippen molar-refractivity contribution in [3.05, 3.63) is 62.7 Å². The van der Waals surface area contributed by atoms with Gasteiger partial charge in [0, 0.05) is 30.8 Å².